The molecule has 1 N–H and O–H groups in total. The lowest BCUT2D eigenvalue weighted by molar-refractivity contribution is 0.229. The maximum absolute atomic E-state index is 5.77. The largest absolute Gasteiger partial charge is 0.492 e. The molecule has 0 unspecified atom stereocenters. The highest BCUT2D eigenvalue weighted by molar-refractivity contribution is 5.27. The Bertz CT molecular complexity index is 373. The molecule has 0 fully saturated rings. The van der Waals surface area contributed by atoms with Gasteiger partial charge in [-0.3, -0.25) is 4.90 Å². The summed E-state index contributed by atoms with van der Waals surface area (Å²) in [6.45, 7) is 14.7. The topological polar surface area (TPSA) is 24.5 Å². The molecular formula is C17H28N2O. The third kappa shape index (κ3) is 6.73. The van der Waals surface area contributed by atoms with Crippen LogP contribution in [0.1, 0.15) is 26.3 Å². The Kier molecular flexibility index (Phi) is 8.00. The number of rotatable bonds is 10. The van der Waals surface area contributed by atoms with E-state index >= 15 is 0 Å². The van der Waals surface area contributed by atoms with E-state index in [0.717, 1.165) is 31.9 Å². The Hall–Kier alpha value is -1.32. The number of benzene rings is 1. The Morgan fingerprint density at radius 3 is 2.55 bits per heavy atom. The van der Waals surface area contributed by atoms with Gasteiger partial charge in [0.05, 0.1) is 0 Å². The molecule has 1 rings (SSSR count). The molecule has 0 aliphatic rings. The summed E-state index contributed by atoms with van der Waals surface area (Å²) in [5.41, 5.74) is 1.29. The molecule has 112 valence electrons. The highest BCUT2D eigenvalue weighted by Gasteiger charge is 2.01. The van der Waals surface area contributed by atoms with Crippen LogP contribution >= 0.6 is 0 Å². The van der Waals surface area contributed by atoms with Crippen LogP contribution in [-0.4, -0.2) is 37.2 Å². The van der Waals surface area contributed by atoms with E-state index in [4.69, 9.17) is 4.74 Å². The van der Waals surface area contributed by atoms with Gasteiger partial charge in [0.25, 0.3) is 0 Å². The van der Waals surface area contributed by atoms with Gasteiger partial charge in [0.1, 0.15) is 12.4 Å². The summed E-state index contributed by atoms with van der Waals surface area (Å²) in [4.78, 5) is 2.30. The molecule has 0 heterocycles. The van der Waals surface area contributed by atoms with Gasteiger partial charge in [-0.2, -0.15) is 0 Å². The van der Waals surface area contributed by atoms with Crippen LogP contribution in [0.15, 0.2) is 36.9 Å². The molecule has 0 amide bonds. The lowest BCUT2D eigenvalue weighted by atomic mass is 10.2. The Morgan fingerprint density at radius 1 is 1.30 bits per heavy atom. The van der Waals surface area contributed by atoms with Gasteiger partial charge in [-0.05, 0) is 24.2 Å². The van der Waals surface area contributed by atoms with Crippen molar-refractivity contribution in [2.75, 3.05) is 26.2 Å². The third-order valence-electron chi connectivity index (χ3n) is 3.15. The van der Waals surface area contributed by atoms with Gasteiger partial charge in [0.2, 0.25) is 0 Å². The lowest BCUT2D eigenvalue weighted by Gasteiger charge is -2.18. The van der Waals surface area contributed by atoms with E-state index in [9.17, 15) is 0 Å². The van der Waals surface area contributed by atoms with Gasteiger partial charge in [-0.1, -0.05) is 39.0 Å². The number of hydrogen-bond acceptors (Lipinski definition) is 3. The fourth-order valence-corrected chi connectivity index (χ4v) is 1.88. The number of hydrogen-bond donors (Lipinski definition) is 1. The summed E-state index contributed by atoms with van der Waals surface area (Å²) < 4.78 is 5.77. The first-order valence-electron chi connectivity index (χ1n) is 7.44. The second-order valence-corrected chi connectivity index (χ2v) is 5.21. The van der Waals surface area contributed by atoms with Crippen LogP contribution in [0.3, 0.4) is 0 Å². The average molecular weight is 276 g/mol. The van der Waals surface area contributed by atoms with E-state index in [0.29, 0.717) is 12.6 Å². The quantitative estimate of drug-likeness (QED) is 0.665. The van der Waals surface area contributed by atoms with E-state index in [1.54, 1.807) is 0 Å². The van der Waals surface area contributed by atoms with Crippen LogP contribution in [0.2, 0.25) is 0 Å². The lowest BCUT2D eigenvalue weighted by Crippen LogP contribution is -2.28. The molecule has 0 atom stereocenters. The molecule has 1 aromatic rings. The van der Waals surface area contributed by atoms with Gasteiger partial charge in [0, 0.05) is 25.7 Å². The van der Waals surface area contributed by atoms with Crippen LogP contribution < -0.4 is 10.1 Å². The summed E-state index contributed by atoms with van der Waals surface area (Å²) >= 11 is 0. The number of nitrogens with zero attached hydrogens (tertiary/aromatic N) is 1. The first kappa shape index (κ1) is 16.7. The third-order valence-corrected chi connectivity index (χ3v) is 3.15. The predicted octanol–water partition coefficient (Wildman–Crippen LogP) is 3.07. The van der Waals surface area contributed by atoms with Crippen molar-refractivity contribution < 1.29 is 4.74 Å². The molecular weight excluding hydrogens is 248 g/mol. The van der Waals surface area contributed by atoms with Crippen molar-refractivity contribution >= 4 is 0 Å². The maximum atomic E-state index is 5.77. The smallest absolute Gasteiger partial charge is 0.119 e. The molecule has 0 aliphatic heterocycles. The van der Waals surface area contributed by atoms with Crippen molar-refractivity contribution in [3.05, 3.63) is 42.5 Å². The Labute approximate surface area is 123 Å². The monoisotopic (exact) mass is 276 g/mol. The fraction of sp³-hybridized carbons (Fsp3) is 0.529. The van der Waals surface area contributed by atoms with E-state index < -0.39 is 0 Å². The molecule has 0 saturated heterocycles. The summed E-state index contributed by atoms with van der Waals surface area (Å²) in [5.74, 6) is 0.938. The minimum absolute atomic E-state index is 0.510. The van der Waals surface area contributed by atoms with E-state index in [-0.39, 0.29) is 0 Å². The van der Waals surface area contributed by atoms with Gasteiger partial charge in [-0.15, -0.1) is 6.58 Å². The minimum Gasteiger partial charge on any atom is -0.492 e. The first-order chi connectivity index (χ1) is 9.65. The summed E-state index contributed by atoms with van der Waals surface area (Å²) in [6, 6.07) is 8.83. The normalized spacial score (nSPS) is 11.1. The van der Waals surface area contributed by atoms with Gasteiger partial charge in [-0.25, -0.2) is 0 Å². The zero-order chi connectivity index (χ0) is 14.8. The van der Waals surface area contributed by atoms with Crippen molar-refractivity contribution in [1.29, 1.82) is 0 Å². The highest BCUT2D eigenvalue weighted by Crippen LogP contribution is 2.12. The maximum Gasteiger partial charge on any atom is 0.119 e. The van der Waals surface area contributed by atoms with Gasteiger partial charge in [0.15, 0.2) is 0 Å². The standard InChI is InChI=1S/C17H28N2O/c1-5-11-19(6-2)12-13-20-17-9-7-16(8-10-17)14-18-15(3)4/h5,7-10,15,18H,1,6,11-14H2,2-4H3. The van der Waals surface area contributed by atoms with Crippen LogP contribution in [0.5, 0.6) is 5.75 Å². The zero-order valence-electron chi connectivity index (χ0n) is 13.1. The van der Waals surface area contributed by atoms with Crippen LogP contribution in [0.4, 0.5) is 0 Å². The molecule has 0 radical (unpaired) electrons. The summed E-state index contributed by atoms with van der Waals surface area (Å²) in [6.07, 6.45) is 1.93. The number of nitrogens with one attached hydrogen (secondary N) is 1. The first-order valence-corrected chi connectivity index (χ1v) is 7.44. The molecule has 0 saturated carbocycles. The SMILES string of the molecule is C=CCN(CC)CCOc1ccc(CNC(C)C)cc1. The van der Waals surface area contributed by atoms with Crippen LogP contribution in [0.25, 0.3) is 0 Å². The van der Waals surface area contributed by atoms with Gasteiger partial charge >= 0.3 is 0 Å². The molecule has 0 aliphatic carbocycles. The molecule has 20 heavy (non-hydrogen) atoms. The zero-order valence-corrected chi connectivity index (χ0v) is 13.1. The minimum atomic E-state index is 0.510. The molecule has 3 nitrogen and oxygen atoms in total. The van der Waals surface area contributed by atoms with Crippen molar-refractivity contribution in [1.82, 2.24) is 10.2 Å². The number of ether oxygens (including phenoxy) is 1. The second-order valence-electron chi connectivity index (χ2n) is 5.21. The van der Waals surface area contributed by atoms with Crippen LogP contribution in [-0.2, 0) is 6.54 Å². The summed E-state index contributed by atoms with van der Waals surface area (Å²) in [7, 11) is 0. The van der Waals surface area contributed by atoms with E-state index in [2.05, 4.69) is 49.7 Å². The Balaban J connectivity index is 2.32. The highest BCUT2D eigenvalue weighted by atomic mass is 16.5. The van der Waals surface area contributed by atoms with Crippen molar-refractivity contribution in [2.24, 2.45) is 0 Å². The fourth-order valence-electron chi connectivity index (χ4n) is 1.88. The molecule has 1 aromatic carbocycles. The van der Waals surface area contributed by atoms with Crippen molar-refractivity contribution in [3.8, 4) is 5.75 Å². The van der Waals surface area contributed by atoms with E-state index in [1.807, 2.05) is 18.2 Å². The average Bonchev–Trinajstić information content (AvgIpc) is 2.45. The second kappa shape index (κ2) is 9.56. The van der Waals surface area contributed by atoms with Crippen molar-refractivity contribution in [2.45, 2.75) is 33.4 Å². The van der Waals surface area contributed by atoms with Crippen molar-refractivity contribution in [3.63, 3.8) is 0 Å². The summed E-state index contributed by atoms with van der Waals surface area (Å²) in [5, 5.41) is 3.40. The Morgan fingerprint density at radius 2 is 2.00 bits per heavy atom. The van der Waals surface area contributed by atoms with Crippen LogP contribution in [0, 0.1) is 0 Å². The molecule has 0 aromatic heterocycles. The molecule has 0 spiro atoms. The van der Waals surface area contributed by atoms with E-state index in [1.165, 1.54) is 5.56 Å². The predicted molar refractivity (Wildman–Crippen MR) is 86.2 cm³/mol. The molecule has 3 heteroatoms. The number of likely N-dealkylation sites (N-methyl/N-ethyl adjacent to an activating group) is 1. The van der Waals surface area contributed by atoms with Gasteiger partial charge < -0.3 is 10.1 Å². The molecule has 0 bridgehead atoms.